The van der Waals surface area contributed by atoms with Crippen molar-refractivity contribution in [2.75, 3.05) is 13.7 Å². The average molecular weight is 247 g/mol. The van der Waals surface area contributed by atoms with E-state index in [0.717, 1.165) is 0 Å². The van der Waals surface area contributed by atoms with Crippen molar-refractivity contribution in [1.29, 1.82) is 0 Å². The summed E-state index contributed by atoms with van der Waals surface area (Å²) in [5, 5.41) is 22.8. The smallest absolute Gasteiger partial charge is 0.190 e. The van der Waals surface area contributed by atoms with Gasteiger partial charge in [0.1, 0.15) is 31.1 Å². The Morgan fingerprint density at radius 1 is 1.41 bits per heavy atom. The van der Waals surface area contributed by atoms with Crippen molar-refractivity contribution in [2.24, 2.45) is 5.16 Å². The van der Waals surface area contributed by atoms with Gasteiger partial charge in [-0.05, 0) is 13.8 Å². The molecule has 0 amide bonds. The van der Waals surface area contributed by atoms with Gasteiger partial charge in [-0.1, -0.05) is 5.16 Å². The van der Waals surface area contributed by atoms with Gasteiger partial charge in [0.05, 0.1) is 6.61 Å². The second-order valence-electron chi connectivity index (χ2n) is 4.44. The van der Waals surface area contributed by atoms with E-state index in [1.807, 2.05) is 0 Å². The van der Waals surface area contributed by atoms with Gasteiger partial charge in [-0.2, -0.15) is 0 Å². The molecule has 0 saturated carbocycles. The van der Waals surface area contributed by atoms with E-state index in [-0.39, 0.29) is 12.3 Å². The van der Waals surface area contributed by atoms with Gasteiger partial charge in [0.2, 0.25) is 0 Å². The predicted octanol–water partition coefficient (Wildman–Crippen LogP) is -0.782. The molecule has 7 heteroatoms. The highest BCUT2D eigenvalue weighted by molar-refractivity contribution is 5.90. The molecule has 4 atom stereocenters. The van der Waals surface area contributed by atoms with E-state index >= 15 is 0 Å². The maximum atomic E-state index is 10.0. The summed E-state index contributed by atoms with van der Waals surface area (Å²) < 4.78 is 16.4. The van der Waals surface area contributed by atoms with Gasteiger partial charge in [-0.25, -0.2) is 0 Å². The lowest BCUT2D eigenvalue weighted by Gasteiger charge is -2.22. The molecular weight excluding hydrogens is 230 g/mol. The van der Waals surface area contributed by atoms with Gasteiger partial charge in [-0.15, -0.1) is 0 Å². The highest BCUT2D eigenvalue weighted by Crippen LogP contribution is 2.37. The van der Waals surface area contributed by atoms with Crippen LogP contribution in [0.1, 0.15) is 13.8 Å². The fraction of sp³-hybridized carbons (Fsp3) is 0.900. The summed E-state index contributed by atoms with van der Waals surface area (Å²) in [6, 6.07) is 0. The predicted molar refractivity (Wildman–Crippen MR) is 56.2 cm³/mol. The SMILES string of the molecule is CO/N=C(/CO)[C@H]1O[C@@H]2OC(C)(C)O[C@@H]2[C@H]1O. The second kappa shape index (κ2) is 4.51. The molecule has 2 N–H and O–H groups in total. The molecule has 2 saturated heterocycles. The second-order valence-corrected chi connectivity index (χ2v) is 4.44. The molecule has 0 radical (unpaired) electrons. The Hall–Kier alpha value is -0.730. The van der Waals surface area contributed by atoms with Crippen LogP contribution in [-0.4, -0.2) is 60.0 Å². The van der Waals surface area contributed by atoms with Crippen LogP contribution in [0.4, 0.5) is 0 Å². The Bertz CT molecular complexity index is 318. The Morgan fingerprint density at radius 3 is 2.65 bits per heavy atom. The molecule has 2 rings (SSSR count). The van der Waals surface area contributed by atoms with Crippen molar-refractivity contribution in [3.63, 3.8) is 0 Å². The first-order chi connectivity index (χ1) is 7.98. The summed E-state index contributed by atoms with van der Waals surface area (Å²) in [5.74, 6) is -0.779. The summed E-state index contributed by atoms with van der Waals surface area (Å²) in [6.07, 6.45) is -2.95. The molecule has 0 aliphatic carbocycles. The van der Waals surface area contributed by atoms with Crippen LogP contribution in [0, 0.1) is 0 Å². The maximum Gasteiger partial charge on any atom is 0.190 e. The number of hydrogen-bond donors (Lipinski definition) is 2. The number of nitrogens with zero attached hydrogens (tertiary/aromatic N) is 1. The van der Waals surface area contributed by atoms with Crippen molar-refractivity contribution in [3.8, 4) is 0 Å². The third-order valence-corrected chi connectivity index (χ3v) is 2.71. The van der Waals surface area contributed by atoms with E-state index in [1.54, 1.807) is 13.8 Å². The number of fused-ring (bicyclic) bond motifs is 1. The van der Waals surface area contributed by atoms with Crippen molar-refractivity contribution >= 4 is 5.71 Å². The molecule has 0 unspecified atom stereocenters. The summed E-state index contributed by atoms with van der Waals surface area (Å²) in [5.41, 5.74) is 0.208. The Labute approximate surface area is 98.9 Å². The van der Waals surface area contributed by atoms with Crippen LogP contribution in [0.3, 0.4) is 0 Å². The van der Waals surface area contributed by atoms with Crippen molar-refractivity contribution in [3.05, 3.63) is 0 Å². The lowest BCUT2D eigenvalue weighted by Crippen LogP contribution is -2.40. The molecule has 0 aromatic carbocycles. The number of oxime groups is 1. The van der Waals surface area contributed by atoms with E-state index in [0.29, 0.717) is 0 Å². The number of rotatable bonds is 3. The fourth-order valence-corrected chi connectivity index (χ4v) is 2.05. The van der Waals surface area contributed by atoms with Crippen LogP contribution in [0.5, 0.6) is 0 Å². The number of ether oxygens (including phenoxy) is 3. The number of aliphatic hydroxyl groups is 2. The Kier molecular flexibility index (Phi) is 3.37. The van der Waals surface area contributed by atoms with Gasteiger partial charge < -0.3 is 29.3 Å². The molecule has 98 valence electrons. The largest absolute Gasteiger partial charge is 0.399 e. The van der Waals surface area contributed by atoms with Gasteiger partial charge in [0.15, 0.2) is 12.1 Å². The molecule has 0 aromatic rings. The first-order valence-corrected chi connectivity index (χ1v) is 5.38. The van der Waals surface area contributed by atoms with Crippen LogP contribution >= 0.6 is 0 Å². The third kappa shape index (κ3) is 2.29. The summed E-state index contributed by atoms with van der Waals surface area (Å²) in [6.45, 7) is 3.12. The summed E-state index contributed by atoms with van der Waals surface area (Å²) >= 11 is 0. The molecule has 2 aliphatic rings. The van der Waals surface area contributed by atoms with E-state index in [1.165, 1.54) is 7.11 Å². The molecule has 0 spiro atoms. The van der Waals surface area contributed by atoms with Crippen LogP contribution in [0.2, 0.25) is 0 Å². The van der Waals surface area contributed by atoms with E-state index in [2.05, 4.69) is 9.99 Å². The molecule has 17 heavy (non-hydrogen) atoms. The van der Waals surface area contributed by atoms with Crippen LogP contribution in [0.25, 0.3) is 0 Å². The van der Waals surface area contributed by atoms with Crippen molar-refractivity contribution in [1.82, 2.24) is 0 Å². The molecule has 2 heterocycles. The molecule has 0 aromatic heterocycles. The molecule has 2 aliphatic heterocycles. The first-order valence-electron chi connectivity index (χ1n) is 5.38. The van der Waals surface area contributed by atoms with Crippen molar-refractivity contribution in [2.45, 2.75) is 44.2 Å². The summed E-state index contributed by atoms with van der Waals surface area (Å²) in [4.78, 5) is 4.57. The van der Waals surface area contributed by atoms with Crippen LogP contribution in [0.15, 0.2) is 5.16 Å². The lowest BCUT2D eigenvalue weighted by atomic mass is 10.1. The molecule has 7 nitrogen and oxygen atoms in total. The zero-order chi connectivity index (χ0) is 12.6. The quantitative estimate of drug-likeness (QED) is 0.502. The first kappa shape index (κ1) is 12.7. The minimum atomic E-state index is -0.942. The zero-order valence-electron chi connectivity index (χ0n) is 9.99. The standard InChI is InChI=1S/C10H17NO6/c1-10(2)16-8-6(13)7(15-9(8)17-10)5(4-12)11-14-3/h6-9,12-13H,4H2,1-3H3/b11-5-/t6-,7+,8+,9+/m0/s1. The maximum absolute atomic E-state index is 10.0. The topological polar surface area (TPSA) is 89.7 Å². The van der Waals surface area contributed by atoms with Gasteiger partial charge in [0, 0.05) is 0 Å². The monoisotopic (exact) mass is 247 g/mol. The normalized spacial score (nSPS) is 40.4. The fourth-order valence-electron chi connectivity index (χ4n) is 2.05. The highest BCUT2D eigenvalue weighted by atomic mass is 16.8. The van der Waals surface area contributed by atoms with Gasteiger partial charge in [-0.3, -0.25) is 0 Å². The van der Waals surface area contributed by atoms with Crippen LogP contribution in [-0.2, 0) is 19.0 Å². The van der Waals surface area contributed by atoms with Gasteiger partial charge >= 0.3 is 0 Å². The minimum Gasteiger partial charge on any atom is -0.399 e. The zero-order valence-corrected chi connectivity index (χ0v) is 9.99. The van der Waals surface area contributed by atoms with E-state index < -0.39 is 30.4 Å². The minimum absolute atomic E-state index is 0.208. The third-order valence-electron chi connectivity index (χ3n) is 2.71. The van der Waals surface area contributed by atoms with E-state index in [4.69, 9.17) is 19.3 Å². The molecule has 0 bridgehead atoms. The van der Waals surface area contributed by atoms with Gasteiger partial charge in [0.25, 0.3) is 0 Å². The highest BCUT2D eigenvalue weighted by Gasteiger charge is 2.55. The van der Waals surface area contributed by atoms with Crippen molar-refractivity contribution < 1.29 is 29.3 Å². The number of hydrogen-bond acceptors (Lipinski definition) is 7. The number of aliphatic hydroxyl groups excluding tert-OH is 2. The lowest BCUT2D eigenvalue weighted by molar-refractivity contribution is -0.207. The molecular formula is C10H17NO6. The average Bonchev–Trinajstić information content (AvgIpc) is 2.70. The van der Waals surface area contributed by atoms with E-state index in [9.17, 15) is 5.11 Å². The summed E-state index contributed by atoms with van der Waals surface area (Å²) in [7, 11) is 1.36. The van der Waals surface area contributed by atoms with Crippen LogP contribution < -0.4 is 0 Å². The molecule has 2 fully saturated rings. The Morgan fingerprint density at radius 2 is 2.12 bits per heavy atom. The Balaban J connectivity index is 2.10.